The monoisotopic (exact) mass is 288 g/mol. The first-order valence-corrected chi connectivity index (χ1v) is 6.19. The van der Waals surface area contributed by atoms with E-state index in [-0.39, 0.29) is 10.9 Å². The number of rotatable bonds is 2. The largest absolute Gasteiger partial charge is 0.414 e. The van der Waals surface area contributed by atoms with Crippen LogP contribution in [0, 0.1) is 0 Å². The normalized spacial score (nSPS) is 31.0. The van der Waals surface area contributed by atoms with Crippen LogP contribution in [0.2, 0.25) is 0 Å². The molecule has 5 heteroatoms. The molecule has 1 rings (SSSR count). The Balaban J connectivity index is 2.48. The van der Waals surface area contributed by atoms with Gasteiger partial charge >= 0.3 is 6.18 Å². The topological polar surface area (TPSA) is 9.23 Å². The molecule has 3 atom stereocenters. The summed E-state index contributed by atoms with van der Waals surface area (Å²) in [6.45, 7) is 1.07. The van der Waals surface area contributed by atoms with Crippen LogP contribution < -0.4 is 0 Å². The van der Waals surface area contributed by atoms with E-state index in [2.05, 4.69) is 15.9 Å². The van der Waals surface area contributed by atoms with Crippen LogP contribution in [0.25, 0.3) is 0 Å². The number of hydrogen-bond donors (Lipinski definition) is 0. The van der Waals surface area contributed by atoms with Crippen LogP contribution in [0.3, 0.4) is 0 Å². The van der Waals surface area contributed by atoms with Crippen molar-refractivity contribution >= 4 is 15.9 Å². The molecule has 0 spiro atoms. The maximum atomic E-state index is 12.3. The van der Waals surface area contributed by atoms with Crippen LogP contribution in [-0.4, -0.2) is 23.2 Å². The quantitative estimate of drug-likeness (QED) is 0.550. The van der Waals surface area contributed by atoms with Crippen LogP contribution >= 0.6 is 15.9 Å². The third-order valence-electron chi connectivity index (χ3n) is 2.71. The Kier molecular flexibility index (Phi) is 4.90. The van der Waals surface area contributed by atoms with Gasteiger partial charge in [0.2, 0.25) is 0 Å². The zero-order valence-corrected chi connectivity index (χ0v) is 10.3. The summed E-state index contributed by atoms with van der Waals surface area (Å²) in [5, 5.41) is 0. The molecule has 0 heterocycles. The Bertz CT molecular complexity index is 196. The van der Waals surface area contributed by atoms with Gasteiger partial charge < -0.3 is 4.74 Å². The van der Waals surface area contributed by atoms with Crippen molar-refractivity contribution in [2.24, 2.45) is 0 Å². The van der Waals surface area contributed by atoms with Gasteiger partial charge in [-0.1, -0.05) is 35.2 Å². The van der Waals surface area contributed by atoms with E-state index in [0.717, 1.165) is 39.0 Å². The fourth-order valence-electron chi connectivity index (χ4n) is 1.72. The highest BCUT2D eigenvalue weighted by Gasteiger charge is 2.39. The van der Waals surface area contributed by atoms with E-state index in [1.807, 2.05) is 0 Å². The lowest BCUT2D eigenvalue weighted by Gasteiger charge is -2.26. The molecule has 0 bridgehead atoms. The Labute approximate surface area is 96.5 Å². The second-order valence-corrected chi connectivity index (χ2v) is 5.19. The van der Waals surface area contributed by atoms with Crippen molar-refractivity contribution in [1.82, 2.24) is 0 Å². The van der Waals surface area contributed by atoms with Crippen molar-refractivity contribution in [2.75, 3.05) is 0 Å². The summed E-state index contributed by atoms with van der Waals surface area (Å²) < 4.78 is 42.0. The molecule has 0 aromatic heterocycles. The first-order valence-electron chi connectivity index (χ1n) is 5.27. The second kappa shape index (κ2) is 5.53. The van der Waals surface area contributed by atoms with Crippen LogP contribution in [-0.2, 0) is 4.74 Å². The maximum Gasteiger partial charge on any atom is 0.414 e. The molecule has 0 saturated heterocycles. The van der Waals surface area contributed by atoms with Gasteiger partial charge in [-0.2, -0.15) is 13.2 Å². The number of ether oxygens (including phenoxy) is 1. The molecule has 0 aromatic rings. The van der Waals surface area contributed by atoms with Crippen LogP contribution in [0.15, 0.2) is 0 Å². The number of hydrogen-bond acceptors (Lipinski definition) is 1. The van der Waals surface area contributed by atoms with Crippen molar-refractivity contribution in [3.8, 4) is 0 Å². The standard InChI is InChI=1S/C10H16BrF3O/c1-7(10(12,13)14)15-9-6-4-2-3-5-8(9)11/h7-9H,2-6H2,1H3. The summed E-state index contributed by atoms with van der Waals surface area (Å²) in [6.07, 6.45) is -1.50. The van der Waals surface area contributed by atoms with Gasteiger partial charge in [-0.25, -0.2) is 0 Å². The molecule has 0 radical (unpaired) electrons. The maximum absolute atomic E-state index is 12.3. The highest BCUT2D eigenvalue weighted by molar-refractivity contribution is 9.09. The lowest BCUT2D eigenvalue weighted by atomic mass is 10.1. The minimum absolute atomic E-state index is 0.0600. The van der Waals surface area contributed by atoms with Gasteiger partial charge in [0.05, 0.1) is 6.10 Å². The predicted octanol–water partition coefficient (Wildman–Crippen LogP) is 4.05. The minimum atomic E-state index is -4.25. The van der Waals surface area contributed by atoms with Crippen molar-refractivity contribution in [1.29, 1.82) is 0 Å². The fraction of sp³-hybridized carbons (Fsp3) is 1.00. The Morgan fingerprint density at radius 1 is 1.20 bits per heavy atom. The summed E-state index contributed by atoms with van der Waals surface area (Å²) in [5.41, 5.74) is 0. The van der Waals surface area contributed by atoms with E-state index in [1.165, 1.54) is 0 Å². The summed E-state index contributed by atoms with van der Waals surface area (Å²) in [6, 6.07) is 0. The van der Waals surface area contributed by atoms with Crippen molar-refractivity contribution in [3.05, 3.63) is 0 Å². The van der Waals surface area contributed by atoms with Crippen molar-refractivity contribution in [2.45, 2.75) is 62.2 Å². The third-order valence-corrected chi connectivity index (χ3v) is 3.76. The lowest BCUT2D eigenvalue weighted by Crippen LogP contribution is -2.36. The summed E-state index contributed by atoms with van der Waals surface area (Å²) in [5.74, 6) is 0. The Morgan fingerprint density at radius 2 is 1.80 bits per heavy atom. The average molecular weight is 289 g/mol. The van der Waals surface area contributed by atoms with Crippen LogP contribution in [0.4, 0.5) is 13.2 Å². The third kappa shape index (κ3) is 4.31. The van der Waals surface area contributed by atoms with Crippen LogP contribution in [0.5, 0.6) is 0 Å². The zero-order valence-electron chi connectivity index (χ0n) is 8.69. The molecular weight excluding hydrogens is 273 g/mol. The van der Waals surface area contributed by atoms with E-state index in [9.17, 15) is 13.2 Å². The molecule has 15 heavy (non-hydrogen) atoms. The molecule has 3 unspecified atom stereocenters. The molecule has 1 aliphatic carbocycles. The molecule has 0 amide bonds. The SMILES string of the molecule is CC(OC1CCCCCC1Br)C(F)(F)F. The second-order valence-electron chi connectivity index (χ2n) is 4.01. The highest BCUT2D eigenvalue weighted by atomic mass is 79.9. The van der Waals surface area contributed by atoms with Gasteiger partial charge in [0.1, 0.15) is 0 Å². The lowest BCUT2D eigenvalue weighted by molar-refractivity contribution is -0.226. The van der Waals surface area contributed by atoms with E-state index < -0.39 is 12.3 Å². The van der Waals surface area contributed by atoms with Gasteiger partial charge in [0, 0.05) is 4.83 Å². The molecular formula is C10H16BrF3O. The average Bonchev–Trinajstić information content (AvgIpc) is 2.30. The van der Waals surface area contributed by atoms with Gasteiger partial charge in [-0.3, -0.25) is 0 Å². The molecule has 0 N–H and O–H groups in total. The summed E-state index contributed by atoms with van der Waals surface area (Å²) in [4.78, 5) is 0.0600. The molecule has 0 aromatic carbocycles. The zero-order chi connectivity index (χ0) is 11.5. The summed E-state index contributed by atoms with van der Waals surface area (Å²) in [7, 11) is 0. The van der Waals surface area contributed by atoms with Gasteiger partial charge in [-0.15, -0.1) is 0 Å². The molecule has 90 valence electrons. The Morgan fingerprint density at radius 3 is 2.40 bits per heavy atom. The predicted molar refractivity (Wildman–Crippen MR) is 56.2 cm³/mol. The van der Waals surface area contributed by atoms with Crippen molar-refractivity contribution in [3.63, 3.8) is 0 Å². The summed E-state index contributed by atoms with van der Waals surface area (Å²) >= 11 is 3.41. The smallest absolute Gasteiger partial charge is 0.365 e. The van der Waals surface area contributed by atoms with E-state index >= 15 is 0 Å². The van der Waals surface area contributed by atoms with E-state index in [1.54, 1.807) is 0 Å². The molecule has 1 saturated carbocycles. The number of halogens is 4. The first-order chi connectivity index (χ1) is 6.91. The number of alkyl halides is 4. The van der Waals surface area contributed by atoms with Gasteiger partial charge in [0.15, 0.2) is 6.10 Å². The van der Waals surface area contributed by atoms with E-state index in [0.29, 0.717) is 0 Å². The molecule has 0 aliphatic heterocycles. The highest BCUT2D eigenvalue weighted by Crippen LogP contribution is 2.30. The van der Waals surface area contributed by atoms with Gasteiger partial charge in [-0.05, 0) is 19.8 Å². The first kappa shape index (κ1) is 13.3. The molecule has 1 fully saturated rings. The molecule has 1 nitrogen and oxygen atoms in total. The Hall–Kier alpha value is 0.230. The van der Waals surface area contributed by atoms with E-state index in [4.69, 9.17) is 4.74 Å². The van der Waals surface area contributed by atoms with Gasteiger partial charge in [0.25, 0.3) is 0 Å². The van der Waals surface area contributed by atoms with Crippen LogP contribution in [0.1, 0.15) is 39.0 Å². The van der Waals surface area contributed by atoms with Crippen molar-refractivity contribution < 1.29 is 17.9 Å². The minimum Gasteiger partial charge on any atom is -0.365 e. The molecule has 1 aliphatic rings. The fourth-order valence-corrected chi connectivity index (χ4v) is 2.43.